The molecule has 0 aliphatic rings. The molecule has 6 heteroatoms. The van der Waals surface area contributed by atoms with E-state index in [1.54, 1.807) is 37.3 Å². The Labute approximate surface area is 115 Å². The number of anilines is 2. The first kappa shape index (κ1) is 13.5. The number of hydrogen-bond donors (Lipinski definition) is 3. The van der Waals surface area contributed by atoms with Gasteiger partial charge >= 0.3 is 5.97 Å². The lowest BCUT2D eigenvalue weighted by Gasteiger charge is -2.10. The molecule has 2 rings (SSSR count). The van der Waals surface area contributed by atoms with E-state index in [1.807, 2.05) is 0 Å². The summed E-state index contributed by atoms with van der Waals surface area (Å²) in [6, 6.07) is 8.15. The molecule has 0 radical (unpaired) electrons. The number of aryl methyl sites for hydroxylation is 1. The highest BCUT2D eigenvalue weighted by Gasteiger charge is 2.11. The van der Waals surface area contributed by atoms with E-state index in [2.05, 4.69) is 10.3 Å². The molecule has 0 unspecified atom stereocenters. The van der Waals surface area contributed by atoms with Gasteiger partial charge in [0.1, 0.15) is 5.56 Å². The molecule has 1 aromatic heterocycles. The lowest BCUT2D eigenvalue weighted by Crippen LogP contribution is -2.11. The van der Waals surface area contributed by atoms with Gasteiger partial charge in [-0.15, -0.1) is 0 Å². The Hall–Kier alpha value is -2.89. The lowest BCUT2D eigenvalue weighted by atomic mass is 10.1. The summed E-state index contributed by atoms with van der Waals surface area (Å²) in [6.45, 7) is 1.76. The highest BCUT2D eigenvalue weighted by atomic mass is 16.4. The predicted octanol–water partition coefficient (Wildman–Crippen LogP) is 1.93. The number of carbonyl (C=O) groups is 2. The summed E-state index contributed by atoms with van der Waals surface area (Å²) in [7, 11) is 0. The third-order valence-corrected chi connectivity index (χ3v) is 2.70. The molecule has 0 saturated carbocycles. The van der Waals surface area contributed by atoms with Crippen LogP contribution in [0, 0.1) is 6.92 Å². The Morgan fingerprint density at radius 1 is 1.30 bits per heavy atom. The minimum Gasteiger partial charge on any atom is -0.478 e. The fraction of sp³-hybridized carbons (Fsp3) is 0.0714. The number of benzene rings is 1. The van der Waals surface area contributed by atoms with Crippen LogP contribution in [-0.2, 0) is 0 Å². The van der Waals surface area contributed by atoms with Gasteiger partial charge in [-0.25, -0.2) is 4.79 Å². The van der Waals surface area contributed by atoms with Gasteiger partial charge in [0, 0.05) is 23.1 Å². The van der Waals surface area contributed by atoms with Crippen LogP contribution in [0.1, 0.15) is 26.4 Å². The number of carbonyl (C=O) groups excluding carboxylic acids is 1. The summed E-state index contributed by atoms with van der Waals surface area (Å²) in [4.78, 5) is 26.2. The van der Waals surface area contributed by atoms with Crippen molar-refractivity contribution in [1.82, 2.24) is 4.98 Å². The van der Waals surface area contributed by atoms with E-state index in [-0.39, 0.29) is 5.56 Å². The van der Waals surface area contributed by atoms with Crippen LogP contribution in [0.25, 0.3) is 0 Å². The third kappa shape index (κ3) is 2.92. The zero-order valence-electron chi connectivity index (χ0n) is 10.8. The largest absolute Gasteiger partial charge is 0.478 e. The van der Waals surface area contributed by atoms with Crippen LogP contribution >= 0.6 is 0 Å². The minimum atomic E-state index is -1.08. The number of hydrogen-bond acceptors (Lipinski definition) is 4. The molecule has 4 N–H and O–H groups in total. The van der Waals surface area contributed by atoms with Gasteiger partial charge in [-0.3, -0.25) is 9.78 Å². The van der Waals surface area contributed by atoms with Gasteiger partial charge in [0.15, 0.2) is 0 Å². The maximum atomic E-state index is 11.1. The standard InChI is InChI=1S/C14H13N3O3/c1-8-5-12(11(7-16-8)14(19)20)17-10-4-2-3-9(6-10)13(15)18/h2-7H,1H3,(H2,15,18)(H,16,17)(H,19,20). The smallest absolute Gasteiger partial charge is 0.339 e. The van der Waals surface area contributed by atoms with Crippen molar-refractivity contribution in [2.45, 2.75) is 6.92 Å². The van der Waals surface area contributed by atoms with Crippen molar-refractivity contribution in [2.24, 2.45) is 5.73 Å². The van der Waals surface area contributed by atoms with E-state index in [0.29, 0.717) is 22.6 Å². The Kier molecular flexibility index (Phi) is 3.65. The van der Waals surface area contributed by atoms with Crippen molar-refractivity contribution in [2.75, 3.05) is 5.32 Å². The van der Waals surface area contributed by atoms with Crippen LogP contribution in [0.3, 0.4) is 0 Å². The second-order valence-corrected chi connectivity index (χ2v) is 4.25. The van der Waals surface area contributed by atoms with Gasteiger partial charge in [0.05, 0.1) is 5.69 Å². The Morgan fingerprint density at radius 2 is 2.05 bits per heavy atom. The van der Waals surface area contributed by atoms with Crippen molar-refractivity contribution >= 4 is 23.3 Å². The van der Waals surface area contributed by atoms with Crippen molar-refractivity contribution in [3.63, 3.8) is 0 Å². The summed E-state index contributed by atoms with van der Waals surface area (Å²) < 4.78 is 0. The molecule has 0 spiro atoms. The van der Waals surface area contributed by atoms with Crippen molar-refractivity contribution < 1.29 is 14.7 Å². The van der Waals surface area contributed by atoms with Crippen LogP contribution in [0.2, 0.25) is 0 Å². The third-order valence-electron chi connectivity index (χ3n) is 2.70. The quantitative estimate of drug-likeness (QED) is 0.788. The molecule has 0 fully saturated rings. The summed E-state index contributed by atoms with van der Waals surface area (Å²) in [5.41, 5.74) is 7.28. The fourth-order valence-electron chi connectivity index (χ4n) is 1.74. The molecule has 0 aliphatic carbocycles. The maximum absolute atomic E-state index is 11.1. The first-order chi connectivity index (χ1) is 9.47. The molecule has 0 atom stereocenters. The molecule has 0 saturated heterocycles. The molecular formula is C14H13N3O3. The highest BCUT2D eigenvalue weighted by Crippen LogP contribution is 2.22. The van der Waals surface area contributed by atoms with Crippen molar-refractivity contribution in [1.29, 1.82) is 0 Å². The number of nitrogens with one attached hydrogen (secondary N) is 1. The van der Waals surface area contributed by atoms with E-state index < -0.39 is 11.9 Å². The monoisotopic (exact) mass is 271 g/mol. The zero-order chi connectivity index (χ0) is 14.7. The number of pyridine rings is 1. The van der Waals surface area contributed by atoms with Crippen LogP contribution in [0.5, 0.6) is 0 Å². The number of aromatic nitrogens is 1. The molecule has 20 heavy (non-hydrogen) atoms. The van der Waals surface area contributed by atoms with Gasteiger partial charge in [-0.1, -0.05) is 6.07 Å². The fourth-order valence-corrected chi connectivity index (χ4v) is 1.74. The summed E-state index contributed by atoms with van der Waals surface area (Å²) in [5, 5.41) is 12.1. The van der Waals surface area contributed by atoms with Crippen LogP contribution in [0.15, 0.2) is 36.5 Å². The van der Waals surface area contributed by atoms with E-state index in [0.717, 1.165) is 0 Å². The maximum Gasteiger partial charge on any atom is 0.339 e. The molecule has 0 bridgehead atoms. The van der Waals surface area contributed by atoms with Crippen molar-refractivity contribution in [3.05, 3.63) is 53.3 Å². The SMILES string of the molecule is Cc1cc(Nc2cccc(C(N)=O)c2)c(C(=O)O)cn1. The van der Waals surface area contributed by atoms with E-state index in [9.17, 15) is 9.59 Å². The van der Waals surface area contributed by atoms with E-state index >= 15 is 0 Å². The number of nitrogens with zero attached hydrogens (tertiary/aromatic N) is 1. The normalized spacial score (nSPS) is 10.1. The van der Waals surface area contributed by atoms with Gasteiger partial charge in [0.2, 0.25) is 5.91 Å². The molecular weight excluding hydrogens is 258 g/mol. The highest BCUT2D eigenvalue weighted by molar-refractivity contribution is 5.96. The number of primary amides is 1. The van der Waals surface area contributed by atoms with Crippen LogP contribution in [-0.4, -0.2) is 22.0 Å². The number of aromatic carboxylic acids is 1. The lowest BCUT2D eigenvalue weighted by molar-refractivity contribution is 0.0697. The summed E-state index contributed by atoms with van der Waals surface area (Å²) in [5.74, 6) is -1.62. The van der Waals surface area contributed by atoms with Gasteiger partial charge in [0.25, 0.3) is 0 Å². The molecule has 1 amide bonds. The van der Waals surface area contributed by atoms with Gasteiger partial charge < -0.3 is 16.2 Å². The molecule has 6 nitrogen and oxygen atoms in total. The van der Waals surface area contributed by atoms with Crippen LogP contribution in [0.4, 0.5) is 11.4 Å². The number of carboxylic acids is 1. The van der Waals surface area contributed by atoms with E-state index in [1.165, 1.54) is 6.20 Å². The number of rotatable bonds is 4. The first-order valence-corrected chi connectivity index (χ1v) is 5.84. The molecule has 1 heterocycles. The Bertz CT molecular complexity index is 683. The molecule has 102 valence electrons. The second kappa shape index (κ2) is 5.40. The van der Waals surface area contributed by atoms with Gasteiger partial charge in [-0.2, -0.15) is 0 Å². The Morgan fingerprint density at radius 3 is 2.70 bits per heavy atom. The van der Waals surface area contributed by atoms with Gasteiger partial charge in [-0.05, 0) is 31.2 Å². The first-order valence-electron chi connectivity index (χ1n) is 5.84. The molecule has 2 aromatic rings. The molecule has 0 aliphatic heterocycles. The average Bonchev–Trinajstić information content (AvgIpc) is 2.38. The average molecular weight is 271 g/mol. The summed E-state index contributed by atoms with van der Waals surface area (Å²) >= 11 is 0. The van der Waals surface area contributed by atoms with Crippen molar-refractivity contribution in [3.8, 4) is 0 Å². The van der Waals surface area contributed by atoms with E-state index in [4.69, 9.17) is 10.8 Å². The topological polar surface area (TPSA) is 105 Å². The minimum absolute atomic E-state index is 0.0556. The Balaban J connectivity index is 2.39. The second-order valence-electron chi connectivity index (χ2n) is 4.25. The summed E-state index contributed by atoms with van der Waals surface area (Å²) in [6.07, 6.45) is 1.29. The predicted molar refractivity (Wildman–Crippen MR) is 74.2 cm³/mol. The number of nitrogens with two attached hydrogens (primary N) is 1. The zero-order valence-corrected chi connectivity index (χ0v) is 10.8. The molecule has 1 aromatic carbocycles. The van der Waals surface area contributed by atoms with Crippen LogP contribution < -0.4 is 11.1 Å². The number of carboxylic acid groups (broad SMARTS) is 1. The number of amides is 1.